The number of aliphatic hydroxyl groups excluding tert-OH is 1. The van der Waals surface area contributed by atoms with Crippen molar-refractivity contribution in [3.63, 3.8) is 0 Å². The first-order chi connectivity index (χ1) is 9.63. The van der Waals surface area contributed by atoms with Gasteiger partial charge in [0.1, 0.15) is 11.5 Å². The average molecular weight is 275 g/mol. The summed E-state index contributed by atoms with van der Waals surface area (Å²) in [4.78, 5) is 10.3. The third-order valence-electron chi connectivity index (χ3n) is 2.69. The summed E-state index contributed by atoms with van der Waals surface area (Å²) in [6, 6.07) is 11.2. The second-order valence-corrected chi connectivity index (χ2v) is 3.99. The molecule has 6 nitrogen and oxygen atoms in total. The van der Waals surface area contributed by atoms with Crippen LogP contribution >= 0.6 is 0 Å². The zero-order valence-electron chi connectivity index (χ0n) is 10.8. The Labute approximate surface area is 115 Å². The second-order valence-electron chi connectivity index (χ2n) is 3.99. The van der Waals surface area contributed by atoms with Gasteiger partial charge in [-0.3, -0.25) is 10.1 Å². The summed E-state index contributed by atoms with van der Waals surface area (Å²) in [5, 5.41) is 19.7. The van der Waals surface area contributed by atoms with Crippen molar-refractivity contribution in [2.24, 2.45) is 0 Å². The van der Waals surface area contributed by atoms with Gasteiger partial charge in [-0.15, -0.1) is 0 Å². The van der Waals surface area contributed by atoms with Crippen molar-refractivity contribution in [3.05, 3.63) is 58.1 Å². The van der Waals surface area contributed by atoms with E-state index in [1.165, 1.54) is 25.3 Å². The summed E-state index contributed by atoms with van der Waals surface area (Å²) in [6.45, 7) is -0.0361. The second kappa shape index (κ2) is 6.03. The van der Waals surface area contributed by atoms with Crippen molar-refractivity contribution in [1.82, 2.24) is 0 Å². The van der Waals surface area contributed by atoms with Gasteiger partial charge in [-0.1, -0.05) is 12.1 Å². The van der Waals surface area contributed by atoms with Crippen LogP contribution in [0.4, 0.5) is 5.69 Å². The number of methoxy groups -OCH3 is 1. The van der Waals surface area contributed by atoms with Crippen LogP contribution in [0.5, 0.6) is 17.2 Å². The summed E-state index contributed by atoms with van der Waals surface area (Å²) in [5.74, 6) is 1.14. The van der Waals surface area contributed by atoms with Gasteiger partial charge in [-0.2, -0.15) is 0 Å². The highest BCUT2D eigenvalue weighted by Crippen LogP contribution is 2.32. The molecule has 1 N–H and O–H groups in total. The van der Waals surface area contributed by atoms with Crippen LogP contribution in [0.3, 0.4) is 0 Å². The lowest BCUT2D eigenvalue weighted by molar-refractivity contribution is -0.385. The molecule has 0 radical (unpaired) electrons. The summed E-state index contributed by atoms with van der Waals surface area (Å²) >= 11 is 0. The molecule has 0 aliphatic rings. The topological polar surface area (TPSA) is 81.8 Å². The average Bonchev–Trinajstić information content (AvgIpc) is 2.47. The highest BCUT2D eigenvalue weighted by molar-refractivity contribution is 5.51. The van der Waals surface area contributed by atoms with Crippen molar-refractivity contribution < 1.29 is 19.5 Å². The van der Waals surface area contributed by atoms with E-state index in [1.54, 1.807) is 24.3 Å². The molecule has 0 aliphatic carbocycles. The molecule has 2 rings (SSSR count). The lowest BCUT2D eigenvalue weighted by atomic mass is 10.2. The number of rotatable bonds is 5. The SMILES string of the molecule is COc1cc(Oc2ccc(CO)cc2)ccc1[N+](=O)[O-]. The van der Waals surface area contributed by atoms with E-state index >= 15 is 0 Å². The largest absolute Gasteiger partial charge is 0.490 e. The lowest BCUT2D eigenvalue weighted by Crippen LogP contribution is -1.94. The van der Waals surface area contributed by atoms with Gasteiger partial charge in [0.25, 0.3) is 0 Å². The zero-order valence-corrected chi connectivity index (χ0v) is 10.8. The summed E-state index contributed by atoms with van der Waals surface area (Å²) in [6.07, 6.45) is 0. The van der Waals surface area contributed by atoms with Crippen LogP contribution in [0.2, 0.25) is 0 Å². The summed E-state index contributed by atoms with van der Waals surface area (Å²) in [7, 11) is 1.36. The van der Waals surface area contributed by atoms with E-state index in [0.29, 0.717) is 11.5 Å². The third-order valence-corrected chi connectivity index (χ3v) is 2.69. The van der Waals surface area contributed by atoms with E-state index in [1.807, 2.05) is 0 Å². The monoisotopic (exact) mass is 275 g/mol. The Hall–Kier alpha value is -2.60. The van der Waals surface area contributed by atoms with Crippen LogP contribution in [0, 0.1) is 10.1 Å². The summed E-state index contributed by atoms with van der Waals surface area (Å²) < 4.78 is 10.5. The van der Waals surface area contributed by atoms with Crippen molar-refractivity contribution in [2.45, 2.75) is 6.61 Å². The van der Waals surface area contributed by atoms with Gasteiger partial charge < -0.3 is 14.6 Å². The number of aliphatic hydroxyl groups is 1. The Bertz CT molecular complexity index is 609. The highest BCUT2D eigenvalue weighted by atomic mass is 16.6. The number of benzene rings is 2. The zero-order chi connectivity index (χ0) is 14.5. The molecule has 0 fully saturated rings. The van der Waals surface area contributed by atoms with E-state index in [9.17, 15) is 10.1 Å². The fourth-order valence-electron chi connectivity index (χ4n) is 1.67. The number of hydrogen-bond acceptors (Lipinski definition) is 5. The first-order valence-corrected chi connectivity index (χ1v) is 5.84. The smallest absolute Gasteiger partial charge is 0.311 e. The molecule has 0 aromatic heterocycles. The molecule has 0 amide bonds. The first-order valence-electron chi connectivity index (χ1n) is 5.84. The number of nitro benzene ring substituents is 1. The molecular formula is C14H13NO5. The van der Waals surface area contributed by atoms with Crippen LogP contribution in [0.15, 0.2) is 42.5 Å². The Kier molecular flexibility index (Phi) is 4.17. The number of ether oxygens (including phenoxy) is 2. The van der Waals surface area contributed by atoms with Crippen molar-refractivity contribution in [2.75, 3.05) is 7.11 Å². The van der Waals surface area contributed by atoms with Gasteiger partial charge in [0, 0.05) is 12.1 Å². The van der Waals surface area contributed by atoms with Crippen LogP contribution < -0.4 is 9.47 Å². The van der Waals surface area contributed by atoms with Crippen LogP contribution in [0.1, 0.15) is 5.56 Å². The third kappa shape index (κ3) is 3.04. The van der Waals surface area contributed by atoms with Crippen molar-refractivity contribution in [1.29, 1.82) is 0 Å². The highest BCUT2D eigenvalue weighted by Gasteiger charge is 2.15. The molecule has 0 heterocycles. The maximum Gasteiger partial charge on any atom is 0.311 e. The molecule has 20 heavy (non-hydrogen) atoms. The molecule has 0 saturated carbocycles. The molecule has 0 saturated heterocycles. The maximum absolute atomic E-state index is 10.8. The Morgan fingerprint density at radius 2 is 1.80 bits per heavy atom. The van der Waals surface area contributed by atoms with E-state index < -0.39 is 4.92 Å². The van der Waals surface area contributed by atoms with Crippen molar-refractivity contribution in [3.8, 4) is 17.2 Å². The quantitative estimate of drug-likeness (QED) is 0.670. The molecule has 0 bridgehead atoms. The van der Waals surface area contributed by atoms with Gasteiger partial charge in [-0.25, -0.2) is 0 Å². The predicted molar refractivity (Wildman–Crippen MR) is 72.1 cm³/mol. The first kappa shape index (κ1) is 13.8. The normalized spacial score (nSPS) is 10.1. The van der Waals surface area contributed by atoms with Crippen LogP contribution in [-0.2, 0) is 6.61 Å². The molecule has 0 aliphatic heterocycles. The van der Waals surface area contributed by atoms with Gasteiger partial charge in [0.2, 0.25) is 5.75 Å². The summed E-state index contributed by atoms with van der Waals surface area (Å²) in [5.41, 5.74) is 0.661. The molecule has 0 spiro atoms. The van der Waals surface area contributed by atoms with Gasteiger partial charge in [0.05, 0.1) is 18.6 Å². The molecule has 0 atom stereocenters. The van der Waals surface area contributed by atoms with E-state index in [0.717, 1.165) is 5.56 Å². The molecule has 6 heteroatoms. The minimum atomic E-state index is -0.515. The maximum atomic E-state index is 10.8. The standard InChI is InChI=1S/C14H13NO5/c1-19-14-8-12(6-7-13(14)15(17)18)20-11-4-2-10(9-16)3-5-11/h2-8,16H,9H2,1H3. The van der Waals surface area contributed by atoms with Crippen molar-refractivity contribution >= 4 is 5.69 Å². The lowest BCUT2D eigenvalue weighted by Gasteiger charge is -2.08. The fraction of sp³-hybridized carbons (Fsp3) is 0.143. The molecule has 104 valence electrons. The van der Waals surface area contributed by atoms with Crippen LogP contribution in [-0.4, -0.2) is 17.1 Å². The van der Waals surface area contributed by atoms with E-state index in [4.69, 9.17) is 14.6 Å². The Morgan fingerprint density at radius 1 is 1.15 bits per heavy atom. The minimum Gasteiger partial charge on any atom is -0.490 e. The number of hydrogen-bond donors (Lipinski definition) is 1. The molecular weight excluding hydrogens is 262 g/mol. The molecule has 2 aromatic rings. The minimum absolute atomic E-state index is 0.0361. The number of nitrogens with zero attached hydrogens (tertiary/aromatic N) is 1. The van der Waals surface area contributed by atoms with Gasteiger partial charge >= 0.3 is 5.69 Å². The molecule has 2 aromatic carbocycles. The Balaban J connectivity index is 2.22. The predicted octanol–water partition coefficient (Wildman–Crippen LogP) is 2.89. The van der Waals surface area contributed by atoms with E-state index in [-0.39, 0.29) is 18.0 Å². The number of nitro groups is 1. The van der Waals surface area contributed by atoms with E-state index in [2.05, 4.69) is 0 Å². The van der Waals surface area contributed by atoms with Crippen LogP contribution in [0.25, 0.3) is 0 Å². The van der Waals surface area contributed by atoms with Gasteiger partial charge in [0.15, 0.2) is 0 Å². The van der Waals surface area contributed by atoms with Gasteiger partial charge in [-0.05, 0) is 23.8 Å². The molecule has 0 unspecified atom stereocenters. The fourth-order valence-corrected chi connectivity index (χ4v) is 1.67. The Morgan fingerprint density at radius 3 is 2.35 bits per heavy atom.